The maximum Gasteiger partial charge on any atom is 0.303 e. The van der Waals surface area contributed by atoms with E-state index in [2.05, 4.69) is 13.8 Å². The summed E-state index contributed by atoms with van der Waals surface area (Å²) in [6.45, 7) is 5.58. The van der Waals surface area contributed by atoms with Gasteiger partial charge in [-0.25, -0.2) is 0 Å². The fourth-order valence-electron chi connectivity index (χ4n) is 4.74. The second kappa shape index (κ2) is 39.8. The molecule has 0 aliphatic rings. The Morgan fingerprint density at radius 1 is 0.386 bits per heavy atom. The van der Waals surface area contributed by atoms with E-state index in [1.165, 1.54) is 141 Å². The van der Waals surface area contributed by atoms with Crippen LogP contribution in [0, 0.1) is 5.41 Å². The first kappa shape index (κ1) is 47.2. The van der Waals surface area contributed by atoms with Crippen LogP contribution in [-0.2, 0) is 9.59 Å². The Labute approximate surface area is 272 Å². The number of carbonyl (C=O) groups is 2. The summed E-state index contributed by atoms with van der Waals surface area (Å²) >= 11 is 0. The Morgan fingerprint density at radius 3 is 0.705 bits per heavy atom. The summed E-state index contributed by atoms with van der Waals surface area (Å²) < 4.78 is 0. The Hall–Kier alpha value is -1.18. The van der Waals surface area contributed by atoms with Crippen molar-refractivity contribution in [1.82, 2.24) is 0 Å². The van der Waals surface area contributed by atoms with Gasteiger partial charge in [0.1, 0.15) is 0 Å². The molecule has 7 heteroatoms. The molecule has 0 unspecified atom stereocenters. The zero-order chi connectivity index (χ0) is 33.6. The first-order valence-electron chi connectivity index (χ1n) is 18.5. The van der Waals surface area contributed by atoms with Crippen molar-refractivity contribution in [3.63, 3.8) is 0 Å². The molecule has 0 heterocycles. The SMILES string of the molecule is CC(CO)(CO)CO.CCCCCCCCCCCCCCCC(=O)O.CCCCCCCCCCCCCCCC(=O)O. The third-order valence-corrected chi connectivity index (χ3v) is 8.13. The lowest BCUT2D eigenvalue weighted by Crippen LogP contribution is -2.29. The lowest BCUT2D eigenvalue weighted by atomic mass is 9.95. The first-order valence-corrected chi connectivity index (χ1v) is 18.5. The topological polar surface area (TPSA) is 135 Å². The average Bonchev–Trinajstić information content (AvgIpc) is 3.01. The molecule has 266 valence electrons. The van der Waals surface area contributed by atoms with Crippen molar-refractivity contribution >= 4 is 11.9 Å². The van der Waals surface area contributed by atoms with Crippen molar-refractivity contribution in [3.8, 4) is 0 Å². The van der Waals surface area contributed by atoms with Gasteiger partial charge in [0, 0.05) is 18.3 Å². The van der Waals surface area contributed by atoms with Crippen molar-refractivity contribution in [2.45, 2.75) is 201 Å². The monoisotopic (exact) mass is 633 g/mol. The minimum Gasteiger partial charge on any atom is -0.481 e. The largest absolute Gasteiger partial charge is 0.481 e. The zero-order valence-corrected chi connectivity index (χ0v) is 29.5. The quantitative estimate of drug-likeness (QED) is 0.0480. The molecule has 0 radical (unpaired) electrons. The summed E-state index contributed by atoms with van der Waals surface area (Å²) in [6.07, 6.45) is 34.5. The molecule has 5 N–H and O–H groups in total. The molecule has 0 aliphatic carbocycles. The Kier molecular flexibility index (Phi) is 42.8. The molecular weight excluding hydrogens is 556 g/mol. The normalized spacial score (nSPS) is 11.0. The van der Waals surface area contributed by atoms with E-state index < -0.39 is 17.4 Å². The van der Waals surface area contributed by atoms with Gasteiger partial charge in [-0.15, -0.1) is 0 Å². The van der Waals surface area contributed by atoms with Crippen LogP contribution in [0.4, 0.5) is 0 Å². The van der Waals surface area contributed by atoms with E-state index >= 15 is 0 Å². The first-order chi connectivity index (χ1) is 21.2. The number of aliphatic carboxylic acids is 2. The summed E-state index contributed by atoms with van der Waals surface area (Å²) in [5.41, 5.74) is -0.708. The lowest BCUT2D eigenvalue weighted by molar-refractivity contribution is -0.138. The zero-order valence-electron chi connectivity index (χ0n) is 29.5. The summed E-state index contributed by atoms with van der Waals surface area (Å²) in [4.78, 5) is 20.6. The van der Waals surface area contributed by atoms with Crippen LogP contribution in [0.1, 0.15) is 201 Å². The number of unbranched alkanes of at least 4 members (excludes halogenated alkanes) is 24. The molecule has 0 amide bonds. The van der Waals surface area contributed by atoms with E-state index in [0.717, 1.165) is 25.7 Å². The maximum atomic E-state index is 10.3. The number of hydrogen-bond donors (Lipinski definition) is 5. The molecule has 0 aromatic rings. The van der Waals surface area contributed by atoms with E-state index in [1.807, 2.05) is 0 Å². The molecule has 0 spiro atoms. The summed E-state index contributed by atoms with van der Waals surface area (Å²) in [6, 6.07) is 0. The number of carboxylic acid groups (broad SMARTS) is 2. The summed E-state index contributed by atoms with van der Waals surface area (Å²) in [7, 11) is 0. The van der Waals surface area contributed by atoms with Crippen LogP contribution in [0.15, 0.2) is 0 Å². The number of hydrogen-bond acceptors (Lipinski definition) is 5. The third kappa shape index (κ3) is 45.3. The van der Waals surface area contributed by atoms with Crippen LogP contribution in [0.2, 0.25) is 0 Å². The third-order valence-electron chi connectivity index (χ3n) is 8.13. The van der Waals surface area contributed by atoms with E-state index in [9.17, 15) is 9.59 Å². The smallest absolute Gasteiger partial charge is 0.303 e. The number of rotatable bonds is 31. The molecule has 0 rings (SSSR count). The van der Waals surface area contributed by atoms with Crippen molar-refractivity contribution in [2.75, 3.05) is 19.8 Å². The van der Waals surface area contributed by atoms with E-state index in [4.69, 9.17) is 25.5 Å². The van der Waals surface area contributed by atoms with Crippen LogP contribution in [0.3, 0.4) is 0 Å². The number of aliphatic hydroxyl groups excluding tert-OH is 3. The van der Waals surface area contributed by atoms with Gasteiger partial charge in [0.2, 0.25) is 0 Å². The Balaban J connectivity index is -0.000000616. The van der Waals surface area contributed by atoms with Gasteiger partial charge < -0.3 is 25.5 Å². The van der Waals surface area contributed by atoms with E-state index in [1.54, 1.807) is 6.92 Å². The van der Waals surface area contributed by atoms with Gasteiger partial charge in [-0.2, -0.15) is 0 Å². The van der Waals surface area contributed by atoms with Crippen molar-refractivity contribution in [3.05, 3.63) is 0 Å². The Bertz CT molecular complexity index is 516. The molecular formula is C37H76O7. The van der Waals surface area contributed by atoms with Crippen molar-refractivity contribution < 1.29 is 35.1 Å². The highest BCUT2D eigenvalue weighted by Crippen LogP contribution is 2.14. The molecule has 7 nitrogen and oxygen atoms in total. The molecule has 0 saturated heterocycles. The van der Waals surface area contributed by atoms with Gasteiger partial charge in [-0.3, -0.25) is 9.59 Å². The molecule has 0 aromatic carbocycles. The predicted molar refractivity (Wildman–Crippen MR) is 185 cm³/mol. The van der Waals surface area contributed by atoms with Crippen LogP contribution < -0.4 is 0 Å². The highest BCUT2D eigenvalue weighted by Gasteiger charge is 2.20. The standard InChI is InChI=1S/2C16H32O2.C5H12O3/c2*1-2-3-4-5-6-7-8-9-10-11-12-13-14-15-16(17)18;1-5(2-6,3-7)4-8/h2*2-15H2,1H3,(H,17,18);6-8H,2-4H2,1H3. The lowest BCUT2D eigenvalue weighted by Gasteiger charge is -2.20. The Morgan fingerprint density at radius 2 is 0.568 bits per heavy atom. The average molecular weight is 633 g/mol. The summed E-state index contributed by atoms with van der Waals surface area (Å²) in [5, 5.41) is 42.4. The molecule has 0 fully saturated rings. The van der Waals surface area contributed by atoms with Crippen LogP contribution in [0.5, 0.6) is 0 Å². The molecule has 0 saturated carbocycles. The van der Waals surface area contributed by atoms with Crippen LogP contribution in [-0.4, -0.2) is 57.3 Å². The van der Waals surface area contributed by atoms with E-state index in [-0.39, 0.29) is 19.8 Å². The van der Waals surface area contributed by atoms with Gasteiger partial charge in [0.25, 0.3) is 0 Å². The minimum atomic E-state index is -0.708. The van der Waals surface area contributed by atoms with Gasteiger partial charge in [0.05, 0.1) is 19.8 Å². The highest BCUT2D eigenvalue weighted by atomic mass is 16.4. The van der Waals surface area contributed by atoms with Crippen molar-refractivity contribution in [1.29, 1.82) is 0 Å². The second-order valence-electron chi connectivity index (χ2n) is 13.1. The molecule has 0 bridgehead atoms. The van der Waals surface area contributed by atoms with E-state index in [0.29, 0.717) is 12.8 Å². The number of aliphatic hydroxyl groups is 3. The highest BCUT2D eigenvalue weighted by molar-refractivity contribution is 5.66. The number of carboxylic acids is 2. The predicted octanol–water partition coefficient (Wildman–Crippen LogP) is 10.1. The van der Waals surface area contributed by atoms with Crippen LogP contribution in [0.25, 0.3) is 0 Å². The van der Waals surface area contributed by atoms with Crippen LogP contribution >= 0.6 is 0 Å². The fourth-order valence-corrected chi connectivity index (χ4v) is 4.74. The van der Waals surface area contributed by atoms with Gasteiger partial charge in [-0.05, 0) is 12.8 Å². The second-order valence-corrected chi connectivity index (χ2v) is 13.1. The summed E-state index contributed by atoms with van der Waals surface area (Å²) in [5.74, 6) is -1.31. The molecule has 0 aromatic heterocycles. The fraction of sp³-hybridized carbons (Fsp3) is 0.946. The molecule has 0 aliphatic heterocycles. The molecule has 44 heavy (non-hydrogen) atoms. The van der Waals surface area contributed by atoms with Crippen molar-refractivity contribution in [2.24, 2.45) is 5.41 Å². The maximum absolute atomic E-state index is 10.3. The molecule has 0 atom stereocenters. The van der Waals surface area contributed by atoms with Gasteiger partial charge in [-0.1, -0.05) is 175 Å². The van der Waals surface area contributed by atoms with Gasteiger partial charge >= 0.3 is 11.9 Å². The van der Waals surface area contributed by atoms with Gasteiger partial charge in [0.15, 0.2) is 0 Å². The minimum absolute atomic E-state index is 0.181.